The number of carbonyl (C=O) groups excluding carboxylic acids is 2. The molecule has 1 rings (SSSR count). The fourth-order valence-corrected chi connectivity index (χ4v) is 2.90. The van der Waals surface area contributed by atoms with Gasteiger partial charge < -0.3 is 29.2 Å². The first-order valence-electron chi connectivity index (χ1n) is 10.0. The summed E-state index contributed by atoms with van der Waals surface area (Å²) in [6.45, 7) is 11.5. The van der Waals surface area contributed by atoms with Crippen molar-refractivity contribution in [2.75, 3.05) is 25.6 Å². The van der Waals surface area contributed by atoms with Crippen LogP contribution >= 0.6 is 11.8 Å². The van der Waals surface area contributed by atoms with Crippen LogP contribution < -0.4 is 4.74 Å². The van der Waals surface area contributed by atoms with E-state index >= 15 is 0 Å². The summed E-state index contributed by atoms with van der Waals surface area (Å²) in [6, 6.07) is 6.37. The first kappa shape index (κ1) is 27.2. The highest BCUT2D eigenvalue weighted by atomic mass is 32.2. The van der Waals surface area contributed by atoms with Crippen LogP contribution in [0.25, 0.3) is 0 Å². The van der Waals surface area contributed by atoms with Gasteiger partial charge in [0.2, 0.25) is 0 Å². The number of aliphatic hydroxyl groups excluding tert-OH is 2. The van der Waals surface area contributed by atoms with Gasteiger partial charge in [0.15, 0.2) is 6.10 Å². The van der Waals surface area contributed by atoms with Crippen LogP contribution in [-0.2, 0) is 19.0 Å². The van der Waals surface area contributed by atoms with Gasteiger partial charge in [-0.3, -0.25) is 0 Å². The highest BCUT2D eigenvalue weighted by Gasteiger charge is 2.30. The van der Waals surface area contributed by atoms with Crippen LogP contribution in [0.1, 0.15) is 53.2 Å². The molecule has 0 saturated carbocycles. The highest BCUT2D eigenvalue weighted by Crippen LogP contribution is 2.22. The number of hydrogen-bond acceptors (Lipinski definition) is 9. The minimum atomic E-state index is -1.68. The van der Waals surface area contributed by atoms with Gasteiger partial charge in [-0.1, -0.05) is 12.1 Å². The molecule has 0 amide bonds. The lowest BCUT2D eigenvalue weighted by atomic mass is 10.0. The lowest BCUT2D eigenvalue weighted by Crippen LogP contribution is -2.35. The van der Waals surface area contributed by atoms with Crippen molar-refractivity contribution in [3.05, 3.63) is 29.8 Å². The molecular formula is C22H34O8S. The zero-order valence-corrected chi connectivity index (χ0v) is 19.9. The van der Waals surface area contributed by atoms with Gasteiger partial charge in [0.25, 0.3) is 0 Å². The number of ether oxygens (including phenoxy) is 4. The molecule has 8 nitrogen and oxygen atoms in total. The van der Waals surface area contributed by atoms with E-state index in [1.807, 2.05) is 20.8 Å². The molecule has 0 radical (unpaired) electrons. The summed E-state index contributed by atoms with van der Waals surface area (Å²) in [5.41, 5.74) is -0.898. The minimum absolute atomic E-state index is 0.305. The number of rotatable bonds is 10. The summed E-state index contributed by atoms with van der Waals surface area (Å²) in [7, 11) is 0. The maximum atomic E-state index is 11.9. The number of benzene rings is 1. The predicted octanol–water partition coefficient (Wildman–Crippen LogP) is 3.49. The second-order valence-corrected chi connectivity index (χ2v) is 9.80. The monoisotopic (exact) mass is 458 g/mol. The third-order valence-corrected chi connectivity index (χ3v) is 4.19. The van der Waals surface area contributed by atoms with Gasteiger partial charge in [0.05, 0.1) is 13.2 Å². The molecule has 0 aliphatic rings. The average Bonchev–Trinajstić information content (AvgIpc) is 2.63. The molecule has 0 aromatic heterocycles. The maximum Gasteiger partial charge on any atom is 0.367 e. The second-order valence-electron chi connectivity index (χ2n) is 8.77. The lowest BCUT2D eigenvalue weighted by molar-refractivity contribution is -0.171. The Kier molecular flexibility index (Phi) is 10.8. The first-order valence-corrected chi connectivity index (χ1v) is 11.0. The molecule has 1 aromatic rings. The summed E-state index contributed by atoms with van der Waals surface area (Å²) in [6.07, 6.45) is -3.09. The molecule has 31 heavy (non-hydrogen) atoms. The maximum absolute atomic E-state index is 11.9. The standard InChI is InChI=1S/C22H34O8S/c1-21(2,3)29-19(25)18(24)17(23)15-7-9-16(10-8-15)28-12-11-27-13-14-31-20(26)30-22(4,5)6/h7-10,17-18,23-24H,11-14H2,1-6H3. The minimum Gasteiger partial charge on any atom is -0.491 e. The van der Waals surface area contributed by atoms with Gasteiger partial charge in [-0.05, 0) is 71.0 Å². The van der Waals surface area contributed by atoms with E-state index in [2.05, 4.69) is 0 Å². The molecule has 2 atom stereocenters. The van der Waals surface area contributed by atoms with E-state index in [1.54, 1.807) is 45.0 Å². The van der Waals surface area contributed by atoms with Crippen LogP contribution in [0.2, 0.25) is 0 Å². The zero-order valence-electron chi connectivity index (χ0n) is 19.0. The number of carbonyl (C=O) groups is 2. The van der Waals surface area contributed by atoms with E-state index in [-0.39, 0.29) is 5.30 Å². The SMILES string of the molecule is CC(C)(C)OC(=O)SCCOCCOc1ccc(C(O)C(O)C(=O)OC(C)(C)C)cc1. The van der Waals surface area contributed by atoms with Gasteiger partial charge in [-0.25, -0.2) is 9.59 Å². The van der Waals surface area contributed by atoms with Gasteiger partial charge in [-0.2, -0.15) is 0 Å². The van der Waals surface area contributed by atoms with Crippen molar-refractivity contribution in [1.29, 1.82) is 0 Å². The van der Waals surface area contributed by atoms with Crippen molar-refractivity contribution in [2.45, 2.75) is 65.0 Å². The molecule has 2 unspecified atom stereocenters. The van der Waals surface area contributed by atoms with Gasteiger partial charge >= 0.3 is 11.3 Å². The number of thioether (sulfide) groups is 1. The summed E-state index contributed by atoms with van der Waals surface area (Å²) in [5.74, 6) is 0.151. The Bertz CT molecular complexity index is 691. The topological polar surface area (TPSA) is 112 Å². The van der Waals surface area contributed by atoms with E-state index in [1.165, 1.54) is 0 Å². The van der Waals surface area contributed by atoms with Crippen LogP contribution in [0.4, 0.5) is 4.79 Å². The average molecular weight is 459 g/mol. The number of esters is 1. The zero-order chi connectivity index (χ0) is 23.7. The molecular weight excluding hydrogens is 424 g/mol. The number of hydrogen-bond donors (Lipinski definition) is 2. The third kappa shape index (κ3) is 12.0. The molecule has 9 heteroatoms. The van der Waals surface area contributed by atoms with Crippen molar-refractivity contribution in [3.63, 3.8) is 0 Å². The number of aliphatic hydroxyl groups is 2. The summed E-state index contributed by atoms with van der Waals surface area (Å²) in [4.78, 5) is 23.4. The molecule has 0 aliphatic heterocycles. The van der Waals surface area contributed by atoms with E-state index in [4.69, 9.17) is 18.9 Å². The quantitative estimate of drug-likeness (QED) is 0.402. The Balaban J connectivity index is 2.30. The summed E-state index contributed by atoms with van der Waals surface area (Å²) >= 11 is 1.07. The smallest absolute Gasteiger partial charge is 0.367 e. The molecule has 0 saturated heterocycles. The Hall–Kier alpha value is -1.81. The van der Waals surface area contributed by atoms with Gasteiger partial charge in [0.1, 0.15) is 29.7 Å². The summed E-state index contributed by atoms with van der Waals surface area (Å²) < 4.78 is 21.2. The fourth-order valence-electron chi connectivity index (χ4n) is 2.22. The Morgan fingerprint density at radius 1 is 0.903 bits per heavy atom. The molecule has 0 heterocycles. The lowest BCUT2D eigenvalue weighted by Gasteiger charge is -2.24. The summed E-state index contributed by atoms with van der Waals surface area (Å²) in [5, 5.41) is 19.9. The van der Waals surface area contributed by atoms with Gasteiger partial charge in [0, 0.05) is 5.75 Å². The van der Waals surface area contributed by atoms with Crippen LogP contribution in [0, 0.1) is 0 Å². The molecule has 176 valence electrons. The molecule has 2 N–H and O–H groups in total. The first-order chi connectivity index (χ1) is 14.3. The Labute approximate surface area is 188 Å². The molecule has 0 fully saturated rings. The molecule has 0 bridgehead atoms. The fraction of sp³-hybridized carbons (Fsp3) is 0.636. The van der Waals surface area contributed by atoms with E-state index in [0.717, 1.165) is 11.8 Å². The Morgan fingerprint density at radius 2 is 1.48 bits per heavy atom. The van der Waals surface area contributed by atoms with E-state index in [9.17, 15) is 19.8 Å². The van der Waals surface area contributed by atoms with Crippen molar-refractivity contribution in [3.8, 4) is 5.75 Å². The van der Waals surface area contributed by atoms with Crippen LogP contribution in [0.3, 0.4) is 0 Å². The van der Waals surface area contributed by atoms with Crippen molar-refractivity contribution in [1.82, 2.24) is 0 Å². The van der Waals surface area contributed by atoms with Crippen molar-refractivity contribution >= 4 is 23.0 Å². The molecule has 1 aromatic carbocycles. The largest absolute Gasteiger partial charge is 0.491 e. The van der Waals surface area contributed by atoms with E-state index in [0.29, 0.717) is 36.9 Å². The van der Waals surface area contributed by atoms with Crippen LogP contribution in [-0.4, -0.2) is 64.4 Å². The Morgan fingerprint density at radius 3 is 2.03 bits per heavy atom. The predicted molar refractivity (Wildman–Crippen MR) is 118 cm³/mol. The molecule has 0 aliphatic carbocycles. The third-order valence-electron chi connectivity index (χ3n) is 3.50. The van der Waals surface area contributed by atoms with Crippen LogP contribution in [0.15, 0.2) is 24.3 Å². The van der Waals surface area contributed by atoms with Crippen molar-refractivity contribution < 1.29 is 38.7 Å². The second kappa shape index (κ2) is 12.3. The highest BCUT2D eigenvalue weighted by molar-refractivity contribution is 8.13. The van der Waals surface area contributed by atoms with Gasteiger partial charge in [-0.15, -0.1) is 0 Å². The molecule has 0 spiro atoms. The normalized spacial score (nSPS) is 13.9. The van der Waals surface area contributed by atoms with Crippen LogP contribution in [0.5, 0.6) is 5.75 Å². The van der Waals surface area contributed by atoms with E-state index < -0.39 is 29.4 Å². The van der Waals surface area contributed by atoms with Crippen molar-refractivity contribution in [2.24, 2.45) is 0 Å².